The minimum Gasteiger partial charge on any atom is -0.756 e. The SMILES string of the molecule is CCCCCCC/C=C\C/C=C\C/C=C\CCCCCCCCC(=O)OC(COC(=O)CCCCCCCCCCCCCCCCCCCCCCCCCCCCC)COP(=O)([O-])OCC[N+](C)(C)C. The first-order valence-corrected chi connectivity index (χ1v) is 32.2. The molecule has 0 bridgehead atoms. The van der Waals surface area contributed by atoms with Crippen molar-refractivity contribution in [3.63, 3.8) is 0 Å². The molecule has 2 atom stereocenters. The first kappa shape index (κ1) is 70.2. The number of hydrogen-bond acceptors (Lipinski definition) is 8. The molecule has 0 amide bonds. The summed E-state index contributed by atoms with van der Waals surface area (Å²) in [5.41, 5.74) is 0. The van der Waals surface area contributed by atoms with E-state index in [1.54, 1.807) is 0 Å². The molecule has 0 rings (SSSR count). The third-order valence-corrected chi connectivity index (χ3v) is 14.6. The zero-order chi connectivity index (χ0) is 52.7. The van der Waals surface area contributed by atoms with Gasteiger partial charge in [-0.3, -0.25) is 14.2 Å². The van der Waals surface area contributed by atoms with Crippen LogP contribution in [0.25, 0.3) is 0 Å². The van der Waals surface area contributed by atoms with Crippen LogP contribution in [0.4, 0.5) is 0 Å². The quantitative estimate of drug-likeness (QED) is 0.0195. The third kappa shape index (κ3) is 57.5. The minimum atomic E-state index is -4.64. The number of hydrogen-bond donors (Lipinski definition) is 0. The molecule has 2 unspecified atom stereocenters. The summed E-state index contributed by atoms with van der Waals surface area (Å²) in [6.07, 6.45) is 66.3. The van der Waals surface area contributed by atoms with Crippen LogP contribution in [-0.4, -0.2) is 70.0 Å². The van der Waals surface area contributed by atoms with Gasteiger partial charge in [-0.2, -0.15) is 0 Å². The largest absolute Gasteiger partial charge is 0.756 e. The number of carbonyl (C=O) groups is 2. The lowest BCUT2D eigenvalue weighted by molar-refractivity contribution is -0.870. The van der Waals surface area contributed by atoms with Crippen LogP contribution in [0.2, 0.25) is 0 Å². The zero-order valence-electron chi connectivity index (χ0n) is 48.1. The second kappa shape index (κ2) is 54.0. The number of phosphoric acid groups is 1. The molecule has 0 radical (unpaired) electrons. The summed E-state index contributed by atoms with van der Waals surface area (Å²) in [6, 6.07) is 0. The molecule has 0 saturated carbocycles. The van der Waals surface area contributed by atoms with E-state index in [9.17, 15) is 19.0 Å². The van der Waals surface area contributed by atoms with Crippen LogP contribution in [0, 0.1) is 0 Å². The fourth-order valence-corrected chi connectivity index (χ4v) is 9.63. The van der Waals surface area contributed by atoms with Crippen LogP contribution in [0.3, 0.4) is 0 Å². The van der Waals surface area contributed by atoms with Crippen molar-refractivity contribution in [3.8, 4) is 0 Å². The van der Waals surface area contributed by atoms with Gasteiger partial charge in [-0.25, -0.2) is 0 Å². The lowest BCUT2D eigenvalue weighted by atomic mass is 10.0. The Morgan fingerprint density at radius 1 is 0.431 bits per heavy atom. The number of ether oxygens (including phenoxy) is 2. The Hall–Kier alpha value is -1.77. The van der Waals surface area contributed by atoms with Crippen LogP contribution < -0.4 is 4.89 Å². The number of likely N-dealkylation sites (N-methyl/N-ethyl adjacent to an activating group) is 1. The van der Waals surface area contributed by atoms with Gasteiger partial charge in [0.2, 0.25) is 0 Å². The Morgan fingerprint density at radius 3 is 1.11 bits per heavy atom. The van der Waals surface area contributed by atoms with Gasteiger partial charge >= 0.3 is 11.9 Å². The Labute approximate surface area is 446 Å². The fourth-order valence-electron chi connectivity index (χ4n) is 8.90. The van der Waals surface area contributed by atoms with Gasteiger partial charge in [-0.15, -0.1) is 0 Å². The number of allylic oxidation sites excluding steroid dienone is 6. The lowest BCUT2D eigenvalue weighted by Crippen LogP contribution is -2.37. The molecular formula is C62H118NO8P. The molecule has 0 aromatic heterocycles. The number of esters is 2. The molecule has 72 heavy (non-hydrogen) atoms. The maximum Gasteiger partial charge on any atom is 0.306 e. The van der Waals surface area contributed by atoms with Crippen LogP contribution in [0.15, 0.2) is 36.5 Å². The highest BCUT2D eigenvalue weighted by atomic mass is 31.2. The molecule has 0 N–H and O–H groups in total. The van der Waals surface area contributed by atoms with E-state index in [4.69, 9.17) is 18.5 Å². The number of nitrogens with zero attached hydrogens (tertiary/aromatic N) is 1. The highest BCUT2D eigenvalue weighted by Crippen LogP contribution is 2.38. The van der Waals surface area contributed by atoms with E-state index in [0.717, 1.165) is 70.6 Å². The number of carbonyl (C=O) groups excluding carboxylic acids is 2. The Balaban J connectivity index is 4.10. The monoisotopic (exact) mass is 1040 g/mol. The number of phosphoric ester groups is 1. The maximum absolute atomic E-state index is 12.8. The van der Waals surface area contributed by atoms with Gasteiger partial charge in [0, 0.05) is 12.8 Å². The highest BCUT2D eigenvalue weighted by molar-refractivity contribution is 7.45. The van der Waals surface area contributed by atoms with Crippen LogP contribution >= 0.6 is 7.82 Å². The molecular weight excluding hydrogens is 918 g/mol. The van der Waals surface area contributed by atoms with Crippen molar-refractivity contribution in [1.82, 2.24) is 0 Å². The van der Waals surface area contributed by atoms with Crippen molar-refractivity contribution in [2.24, 2.45) is 0 Å². The molecule has 0 spiro atoms. The van der Waals surface area contributed by atoms with E-state index in [0.29, 0.717) is 17.4 Å². The summed E-state index contributed by atoms with van der Waals surface area (Å²) in [5, 5.41) is 0. The van der Waals surface area contributed by atoms with E-state index in [2.05, 4.69) is 50.3 Å². The molecule has 0 aliphatic carbocycles. The molecule has 0 aliphatic rings. The topological polar surface area (TPSA) is 111 Å². The summed E-state index contributed by atoms with van der Waals surface area (Å²) >= 11 is 0. The first-order valence-electron chi connectivity index (χ1n) is 30.7. The average Bonchev–Trinajstić information content (AvgIpc) is 3.34. The van der Waals surface area contributed by atoms with Crippen molar-refractivity contribution in [2.75, 3.05) is 47.5 Å². The average molecular weight is 1040 g/mol. The zero-order valence-corrected chi connectivity index (χ0v) is 49.0. The number of quaternary nitrogens is 1. The summed E-state index contributed by atoms with van der Waals surface area (Å²) in [7, 11) is 1.17. The predicted molar refractivity (Wildman–Crippen MR) is 305 cm³/mol. The summed E-state index contributed by atoms with van der Waals surface area (Å²) in [5.74, 6) is -0.834. The summed E-state index contributed by atoms with van der Waals surface area (Å²) < 4.78 is 34.2. The number of unbranched alkanes of at least 4 members (excludes halogenated alkanes) is 37. The molecule has 10 heteroatoms. The van der Waals surface area contributed by atoms with Gasteiger partial charge in [0.05, 0.1) is 27.7 Å². The fraction of sp³-hybridized carbons (Fsp3) is 0.871. The van der Waals surface area contributed by atoms with Gasteiger partial charge in [0.15, 0.2) is 6.10 Å². The third-order valence-electron chi connectivity index (χ3n) is 13.7. The highest BCUT2D eigenvalue weighted by Gasteiger charge is 2.22. The van der Waals surface area contributed by atoms with Gasteiger partial charge in [0.25, 0.3) is 7.82 Å². The van der Waals surface area contributed by atoms with Crippen molar-refractivity contribution < 1.29 is 42.1 Å². The summed E-state index contributed by atoms with van der Waals surface area (Å²) in [6.45, 7) is 4.26. The second-order valence-corrected chi connectivity index (χ2v) is 23.5. The van der Waals surface area contributed by atoms with E-state index in [1.165, 1.54) is 193 Å². The standard InChI is InChI=1S/C62H118NO8P/c1-6-8-10-12-14-16-18-20-22-24-26-28-29-30-31-32-33-35-36-38-40-42-44-46-48-50-52-54-61(64)68-58-60(59-70-72(66,67)69-57-56-63(3,4)5)71-62(65)55-53-51-49-47-45-43-41-39-37-34-27-25-23-21-19-17-15-13-11-9-7-2/h19,21,25,27,37,39,60H,6-18,20,22-24,26,28-36,38,40-59H2,1-5H3/b21-19-,27-25-,39-37-. The van der Waals surface area contributed by atoms with E-state index < -0.39 is 26.5 Å². The van der Waals surface area contributed by atoms with Gasteiger partial charge in [0.1, 0.15) is 19.8 Å². The molecule has 0 heterocycles. The van der Waals surface area contributed by atoms with Crippen LogP contribution in [-0.2, 0) is 32.7 Å². The minimum absolute atomic E-state index is 0.0324. The number of rotatable bonds is 57. The van der Waals surface area contributed by atoms with Crippen molar-refractivity contribution in [3.05, 3.63) is 36.5 Å². The van der Waals surface area contributed by atoms with Gasteiger partial charge in [-0.05, 0) is 51.4 Å². The normalized spacial score (nSPS) is 13.5. The van der Waals surface area contributed by atoms with Gasteiger partial charge in [-0.1, -0.05) is 269 Å². The van der Waals surface area contributed by atoms with Crippen molar-refractivity contribution in [1.29, 1.82) is 0 Å². The maximum atomic E-state index is 12.8. The lowest BCUT2D eigenvalue weighted by Gasteiger charge is -2.28. The molecule has 0 aliphatic heterocycles. The van der Waals surface area contributed by atoms with Crippen LogP contribution in [0.1, 0.15) is 296 Å². The second-order valence-electron chi connectivity index (χ2n) is 22.1. The molecule has 9 nitrogen and oxygen atoms in total. The van der Waals surface area contributed by atoms with Gasteiger partial charge < -0.3 is 27.9 Å². The van der Waals surface area contributed by atoms with E-state index in [1.807, 2.05) is 21.1 Å². The predicted octanol–water partition coefficient (Wildman–Crippen LogP) is 18.5. The smallest absolute Gasteiger partial charge is 0.306 e. The molecule has 424 valence electrons. The van der Waals surface area contributed by atoms with E-state index in [-0.39, 0.29) is 32.0 Å². The first-order chi connectivity index (χ1) is 35.0. The molecule has 0 aromatic rings. The Bertz CT molecular complexity index is 1310. The van der Waals surface area contributed by atoms with E-state index >= 15 is 0 Å². The Morgan fingerprint density at radius 2 is 0.750 bits per heavy atom. The molecule has 0 aromatic carbocycles. The Kier molecular flexibility index (Phi) is 52.7. The summed E-state index contributed by atoms with van der Waals surface area (Å²) in [4.78, 5) is 37.9. The molecule has 0 saturated heterocycles. The molecule has 0 fully saturated rings. The van der Waals surface area contributed by atoms with Crippen LogP contribution in [0.5, 0.6) is 0 Å². The van der Waals surface area contributed by atoms with Crippen molar-refractivity contribution in [2.45, 2.75) is 302 Å². The van der Waals surface area contributed by atoms with Crippen molar-refractivity contribution >= 4 is 19.8 Å².